The van der Waals surface area contributed by atoms with Crippen molar-refractivity contribution in [3.05, 3.63) is 58.2 Å². The summed E-state index contributed by atoms with van der Waals surface area (Å²) in [7, 11) is 1.39. The molecule has 0 atom stereocenters. The van der Waals surface area contributed by atoms with Crippen LogP contribution in [0.25, 0.3) is 10.1 Å². The molecule has 3 nitrogen and oxygen atoms in total. The lowest BCUT2D eigenvalue weighted by Gasteiger charge is -2.03. The van der Waals surface area contributed by atoms with Crippen molar-refractivity contribution in [2.24, 2.45) is 0 Å². The van der Waals surface area contributed by atoms with Crippen LogP contribution in [0, 0.1) is 0 Å². The Balaban J connectivity index is 1.85. The van der Waals surface area contributed by atoms with Crippen LogP contribution in [0.5, 0.6) is 0 Å². The zero-order chi connectivity index (χ0) is 15.5. The Morgan fingerprint density at radius 1 is 1.32 bits per heavy atom. The zero-order valence-corrected chi connectivity index (χ0v) is 14.1. The van der Waals surface area contributed by atoms with Crippen LogP contribution in [-0.4, -0.2) is 18.1 Å². The molecule has 2 aromatic heterocycles. The lowest BCUT2D eigenvalue weighted by Crippen LogP contribution is -1.96. The number of ether oxygens (including phenoxy) is 1. The molecular formula is C16H12ClNO2S2. The molecule has 0 saturated heterocycles. The lowest BCUT2D eigenvalue weighted by molar-refractivity contribution is 0.0606. The predicted octanol–water partition coefficient (Wildman–Crippen LogP) is 5.03. The van der Waals surface area contributed by atoms with E-state index in [0.29, 0.717) is 4.88 Å². The second kappa shape index (κ2) is 6.69. The summed E-state index contributed by atoms with van der Waals surface area (Å²) >= 11 is 8.98. The SMILES string of the molecule is COC(=O)c1cc2c(SCc3ccc(Cl)cc3)cncc2s1. The largest absolute Gasteiger partial charge is 0.465 e. The number of benzene rings is 1. The van der Waals surface area contributed by atoms with Crippen LogP contribution >= 0.6 is 34.7 Å². The minimum atomic E-state index is -0.310. The van der Waals surface area contributed by atoms with E-state index in [1.807, 2.05) is 36.5 Å². The molecule has 0 aliphatic heterocycles. The fraction of sp³-hybridized carbons (Fsp3) is 0.125. The normalized spacial score (nSPS) is 10.8. The van der Waals surface area contributed by atoms with E-state index in [0.717, 1.165) is 25.8 Å². The molecule has 2 heterocycles. The molecule has 22 heavy (non-hydrogen) atoms. The molecule has 3 rings (SSSR count). The summed E-state index contributed by atoms with van der Waals surface area (Å²) in [5.41, 5.74) is 1.19. The highest BCUT2D eigenvalue weighted by atomic mass is 35.5. The van der Waals surface area contributed by atoms with E-state index in [1.54, 1.807) is 18.0 Å². The third-order valence-electron chi connectivity index (χ3n) is 3.10. The van der Waals surface area contributed by atoms with Crippen molar-refractivity contribution >= 4 is 50.8 Å². The minimum absolute atomic E-state index is 0.310. The molecule has 0 aliphatic carbocycles. The highest BCUT2D eigenvalue weighted by Gasteiger charge is 2.13. The van der Waals surface area contributed by atoms with Crippen LogP contribution in [0.3, 0.4) is 0 Å². The van der Waals surface area contributed by atoms with Gasteiger partial charge in [-0.3, -0.25) is 4.98 Å². The van der Waals surface area contributed by atoms with Crippen LogP contribution in [0.15, 0.2) is 47.6 Å². The number of esters is 1. The van der Waals surface area contributed by atoms with Gasteiger partial charge in [-0.2, -0.15) is 0 Å². The van der Waals surface area contributed by atoms with Crippen molar-refractivity contribution in [2.45, 2.75) is 10.6 Å². The Morgan fingerprint density at radius 2 is 2.09 bits per heavy atom. The van der Waals surface area contributed by atoms with E-state index in [2.05, 4.69) is 4.98 Å². The molecule has 112 valence electrons. The molecule has 3 aromatic rings. The highest BCUT2D eigenvalue weighted by Crippen LogP contribution is 2.34. The fourth-order valence-corrected chi connectivity index (χ4v) is 4.13. The quantitative estimate of drug-likeness (QED) is 0.489. The van der Waals surface area contributed by atoms with Gasteiger partial charge in [0.15, 0.2) is 0 Å². The second-order valence-corrected chi connectivity index (χ2v) is 7.10. The Hall–Kier alpha value is -1.56. The number of halogens is 1. The predicted molar refractivity (Wildman–Crippen MR) is 92.0 cm³/mol. The van der Waals surface area contributed by atoms with Crippen molar-refractivity contribution < 1.29 is 9.53 Å². The van der Waals surface area contributed by atoms with Gasteiger partial charge in [0.2, 0.25) is 0 Å². The van der Waals surface area contributed by atoms with E-state index >= 15 is 0 Å². The second-order valence-electron chi connectivity index (χ2n) is 4.57. The number of carbonyl (C=O) groups is 1. The average Bonchev–Trinajstić information content (AvgIpc) is 2.98. The van der Waals surface area contributed by atoms with Gasteiger partial charge in [-0.15, -0.1) is 23.1 Å². The monoisotopic (exact) mass is 349 g/mol. The van der Waals surface area contributed by atoms with Crippen molar-refractivity contribution in [2.75, 3.05) is 7.11 Å². The van der Waals surface area contributed by atoms with Gasteiger partial charge in [0.1, 0.15) is 4.88 Å². The molecule has 0 amide bonds. The van der Waals surface area contributed by atoms with Gasteiger partial charge in [0, 0.05) is 33.5 Å². The number of pyridine rings is 1. The number of hydrogen-bond donors (Lipinski definition) is 0. The van der Waals surface area contributed by atoms with Gasteiger partial charge < -0.3 is 4.74 Å². The Morgan fingerprint density at radius 3 is 2.82 bits per heavy atom. The first kappa shape index (κ1) is 15.3. The van der Waals surface area contributed by atoms with Crippen molar-refractivity contribution in [3.63, 3.8) is 0 Å². The van der Waals surface area contributed by atoms with Crippen LogP contribution in [0.4, 0.5) is 0 Å². The van der Waals surface area contributed by atoms with Gasteiger partial charge in [-0.25, -0.2) is 4.79 Å². The standard InChI is InChI=1S/C16H12ClNO2S2/c1-20-16(19)13-6-12-14(7-18-8-15(12)22-13)21-9-10-2-4-11(17)5-3-10/h2-8H,9H2,1H3. The number of nitrogens with zero attached hydrogens (tertiary/aromatic N) is 1. The van der Waals surface area contributed by atoms with Crippen LogP contribution < -0.4 is 0 Å². The molecule has 0 unspecified atom stereocenters. The third kappa shape index (κ3) is 3.27. The minimum Gasteiger partial charge on any atom is -0.465 e. The fourth-order valence-electron chi connectivity index (χ4n) is 1.99. The van der Waals surface area contributed by atoms with Crippen molar-refractivity contribution in [3.8, 4) is 0 Å². The number of methoxy groups -OCH3 is 1. The number of thiophene rings is 1. The molecule has 0 bridgehead atoms. The lowest BCUT2D eigenvalue weighted by atomic mass is 10.2. The van der Waals surface area contributed by atoms with Gasteiger partial charge in [0.25, 0.3) is 0 Å². The first-order valence-corrected chi connectivity index (χ1v) is 8.68. The summed E-state index contributed by atoms with van der Waals surface area (Å²) in [4.78, 5) is 17.6. The van der Waals surface area contributed by atoms with E-state index in [-0.39, 0.29) is 5.97 Å². The number of fused-ring (bicyclic) bond motifs is 1. The number of hydrogen-bond acceptors (Lipinski definition) is 5. The van der Waals surface area contributed by atoms with E-state index in [1.165, 1.54) is 24.0 Å². The Kier molecular flexibility index (Phi) is 4.66. The number of aromatic nitrogens is 1. The van der Waals surface area contributed by atoms with Crippen molar-refractivity contribution in [1.82, 2.24) is 4.98 Å². The molecule has 0 spiro atoms. The van der Waals surface area contributed by atoms with Crippen LogP contribution in [0.1, 0.15) is 15.2 Å². The topological polar surface area (TPSA) is 39.2 Å². The summed E-state index contributed by atoms with van der Waals surface area (Å²) in [6, 6.07) is 9.66. The van der Waals surface area contributed by atoms with Gasteiger partial charge >= 0.3 is 5.97 Å². The maximum absolute atomic E-state index is 11.7. The van der Waals surface area contributed by atoms with Crippen LogP contribution in [0.2, 0.25) is 5.02 Å². The van der Waals surface area contributed by atoms with Gasteiger partial charge in [0.05, 0.1) is 11.8 Å². The maximum atomic E-state index is 11.7. The number of rotatable bonds is 4. The summed E-state index contributed by atoms with van der Waals surface area (Å²) in [6.07, 6.45) is 3.61. The first-order chi connectivity index (χ1) is 10.7. The number of thioether (sulfide) groups is 1. The first-order valence-electron chi connectivity index (χ1n) is 6.50. The summed E-state index contributed by atoms with van der Waals surface area (Å²) in [5.74, 6) is 0.510. The molecule has 0 radical (unpaired) electrons. The molecule has 0 aliphatic rings. The van der Waals surface area contributed by atoms with Gasteiger partial charge in [-0.1, -0.05) is 23.7 Å². The van der Waals surface area contributed by atoms with E-state index in [9.17, 15) is 4.79 Å². The summed E-state index contributed by atoms with van der Waals surface area (Å²) < 4.78 is 5.77. The molecular weight excluding hydrogens is 338 g/mol. The highest BCUT2D eigenvalue weighted by molar-refractivity contribution is 7.98. The van der Waals surface area contributed by atoms with E-state index in [4.69, 9.17) is 16.3 Å². The van der Waals surface area contributed by atoms with Crippen molar-refractivity contribution in [1.29, 1.82) is 0 Å². The van der Waals surface area contributed by atoms with Gasteiger partial charge in [-0.05, 0) is 23.8 Å². The Labute approximate surface area is 141 Å². The third-order valence-corrected chi connectivity index (χ3v) is 5.52. The molecule has 6 heteroatoms. The summed E-state index contributed by atoms with van der Waals surface area (Å²) in [6.45, 7) is 0. The smallest absolute Gasteiger partial charge is 0.348 e. The molecule has 0 N–H and O–H groups in total. The zero-order valence-electron chi connectivity index (χ0n) is 11.7. The van der Waals surface area contributed by atoms with Crippen LogP contribution in [-0.2, 0) is 10.5 Å². The molecule has 0 fully saturated rings. The molecule has 1 aromatic carbocycles. The number of carbonyl (C=O) groups excluding carboxylic acids is 1. The van der Waals surface area contributed by atoms with E-state index < -0.39 is 0 Å². The average molecular weight is 350 g/mol. The Bertz CT molecular complexity index is 815. The maximum Gasteiger partial charge on any atom is 0.348 e. The summed E-state index contributed by atoms with van der Waals surface area (Å²) in [5, 5.41) is 1.78. The molecule has 0 saturated carbocycles.